The van der Waals surface area contributed by atoms with Crippen LogP contribution in [0.25, 0.3) is 0 Å². The number of para-hydroxylation sites is 1. The highest BCUT2D eigenvalue weighted by Gasteiger charge is 2.51. The zero-order chi connectivity index (χ0) is 17.1. The Hall–Kier alpha value is -3.03. The van der Waals surface area contributed by atoms with Gasteiger partial charge in [0.1, 0.15) is 0 Å². The number of hydrogen-bond acceptors (Lipinski definition) is 3. The number of amides is 2. The summed E-state index contributed by atoms with van der Waals surface area (Å²) in [6.07, 6.45) is -4.55. The van der Waals surface area contributed by atoms with Crippen LogP contribution < -0.4 is 16.0 Å². The number of halogens is 3. The third kappa shape index (κ3) is 1.89. The van der Waals surface area contributed by atoms with Crippen molar-refractivity contribution in [2.24, 2.45) is 0 Å². The monoisotopic (exact) mass is 333 g/mol. The Morgan fingerprint density at radius 2 is 1.67 bits per heavy atom. The molecule has 2 amide bonds. The maximum Gasteiger partial charge on any atom is 0.416 e. The molecule has 0 aliphatic carbocycles. The predicted molar refractivity (Wildman–Crippen MR) is 79.3 cm³/mol. The number of alkyl halides is 3. The number of nitrogens with one attached hydrogen (secondary N) is 3. The van der Waals surface area contributed by atoms with Gasteiger partial charge in [-0.05, 0) is 24.3 Å². The van der Waals surface area contributed by atoms with E-state index >= 15 is 0 Å². The molecule has 0 aromatic heterocycles. The van der Waals surface area contributed by atoms with Gasteiger partial charge in [-0.15, -0.1) is 0 Å². The van der Waals surface area contributed by atoms with Gasteiger partial charge in [0.25, 0.3) is 11.8 Å². The Balaban J connectivity index is 1.87. The Kier molecular flexibility index (Phi) is 2.73. The van der Waals surface area contributed by atoms with Crippen LogP contribution in [0.4, 0.5) is 24.5 Å². The lowest BCUT2D eigenvalue weighted by Gasteiger charge is -2.35. The molecule has 2 heterocycles. The van der Waals surface area contributed by atoms with Gasteiger partial charge in [-0.1, -0.05) is 18.2 Å². The molecule has 2 aromatic carbocycles. The molecule has 4 rings (SSSR count). The van der Waals surface area contributed by atoms with E-state index in [1.165, 1.54) is 0 Å². The maximum atomic E-state index is 12.9. The number of carbonyl (C=O) groups is 2. The fraction of sp³-hybridized carbons (Fsp3) is 0.125. The maximum absolute atomic E-state index is 12.9. The van der Waals surface area contributed by atoms with Crippen LogP contribution in [0.5, 0.6) is 0 Å². The molecule has 0 bridgehead atoms. The normalized spacial score (nSPS) is 21.6. The van der Waals surface area contributed by atoms with Crippen molar-refractivity contribution in [2.45, 2.75) is 11.8 Å². The highest BCUT2D eigenvalue weighted by molar-refractivity contribution is 6.14. The first kappa shape index (κ1) is 14.6. The van der Waals surface area contributed by atoms with Crippen LogP contribution in [0.15, 0.2) is 42.5 Å². The zero-order valence-electron chi connectivity index (χ0n) is 12.0. The molecule has 8 heteroatoms. The van der Waals surface area contributed by atoms with Crippen LogP contribution >= 0.6 is 0 Å². The molecule has 1 spiro atoms. The van der Waals surface area contributed by atoms with E-state index in [0.29, 0.717) is 11.3 Å². The number of hydrogen-bond donors (Lipinski definition) is 3. The van der Waals surface area contributed by atoms with Gasteiger partial charge in [-0.3, -0.25) is 9.59 Å². The molecule has 1 atom stereocenters. The molecule has 24 heavy (non-hydrogen) atoms. The van der Waals surface area contributed by atoms with Crippen molar-refractivity contribution in [2.75, 3.05) is 10.6 Å². The third-order valence-corrected chi connectivity index (χ3v) is 4.13. The number of fused-ring (bicyclic) bond motifs is 3. The summed E-state index contributed by atoms with van der Waals surface area (Å²) in [6.45, 7) is 0. The lowest BCUT2D eigenvalue weighted by Crippen LogP contribution is -2.59. The second kappa shape index (κ2) is 4.50. The van der Waals surface area contributed by atoms with Crippen molar-refractivity contribution in [1.82, 2.24) is 5.32 Å². The fourth-order valence-electron chi connectivity index (χ4n) is 3.00. The van der Waals surface area contributed by atoms with Crippen LogP contribution in [0, 0.1) is 0 Å². The van der Waals surface area contributed by atoms with Crippen LogP contribution in [-0.2, 0) is 16.6 Å². The minimum Gasteiger partial charge on any atom is -0.350 e. The Morgan fingerprint density at radius 1 is 0.917 bits per heavy atom. The SMILES string of the molecule is O=C1NC2(Nc3cc(C(F)(F)F)ccc31)C(=O)Nc1ccccc12. The van der Waals surface area contributed by atoms with Gasteiger partial charge in [0.15, 0.2) is 0 Å². The highest BCUT2D eigenvalue weighted by atomic mass is 19.4. The number of benzene rings is 2. The van der Waals surface area contributed by atoms with Crippen molar-refractivity contribution < 1.29 is 22.8 Å². The second-order valence-corrected chi connectivity index (χ2v) is 5.59. The van der Waals surface area contributed by atoms with Crippen molar-refractivity contribution in [3.05, 3.63) is 59.2 Å². The topological polar surface area (TPSA) is 70.2 Å². The van der Waals surface area contributed by atoms with Gasteiger partial charge in [0.05, 0.1) is 11.1 Å². The number of rotatable bonds is 0. The molecule has 5 nitrogen and oxygen atoms in total. The van der Waals surface area contributed by atoms with Gasteiger partial charge >= 0.3 is 6.18 Å². The molecular formula is C16H10F3N3O2. The summed E-state index contributed by atoms with van der Waals surface area (Å²) in [6, 6.07) is 9.42. The molecule has 3 N–H and O–H groups in total. The molecule has 0 saturated heterocycles. The Labute approximate surface area is 133 Å². The summed E-state index contributed by atoms with van der Waals surface area (Å²) in [5, 5.41) is 7.96. The number of carbonyl (C=O) groups excluding carboxylic acids is 2. The predicted octanol–water partition coefficient (Wildman–Crippen LogP) is 2.67. The van der Waals surface area contributed by atoms with E-state index in [1.807, 2.05) is 0 Å². The minimum absolute atomic E-state index is 0.0413. The van der Waals surface area contributed by atoms with Gasteiger partial charge in [-0.2, -0.15) is 13.2 Å². The molecular weight excluding hydrogens is 323 g/mol. The summed E-state index contributed by atoms with van der Waals surface area (Å²) in [5.74, 6) is -1.18. The summed E-state index contributed by atoms with van der Waals surface area (Å²) in [5.41, 5.74) is -1.57. The largest absolute Gasteiger partial charge is 0.416 e. The summed E-state index contributed by atoms with van der Waals surface area (Å²) < 4.78 is 38.8. The molecule has 0 radical (unpaired) electrons. The molecule has 2 aromatic rings. The number of anilines is 2. The third-order valence-electron chi connectivity index (χ3n) is 4.13. The molecule has 1 unspecified atom stereocenters. The molecule has 122 valence electrons. The van der Waals surface area contributed by atoms with Gasteiger partial charge in [-0.25, -0.2) is 0 Å². The first-order valence-corrected chi connectivity index (χ1v) is 7.04. The van der Waals surface area contributed by atoms with E-state index in [2.05, 4.69) is 16.0 Å². The van der Waals surface area contributed by atoms with Crippen molar-refractivity contribution in [3.8, 4) is 0 Å². The van der Waals surface area contributed by atoms with Gasteiger partial charge in [0.2, 0.25) is 5.66 Å². The van der Waals surface area contributed by atoms with E-state index in [9.17, 15) is 22.8 Å². The van der Waals surface area contributed by atoms with Crippen molar-refractivity contribution in [3.63, 3.8) is 0 Å². The molecule has 0 fully saturated rings. The quantitative estimate of drug-likeness (QED) is 0.694. The standard InChI is InChI=1S/C16H10F3N3O2/c17-16(18,19)8-5-6-9-12(7-8)21-15(22-13(9)23)10-3-1-2-4-11(10)20-14(15)24/h1-7,21H,(H,20,24)(H,22,23). The second-order valence-electron chi connectivity index (χ2n) is 5.59. The summed E-state index contributed by atoms with van der Waals surface area (Å²) >= 11 is 0. The molecule has 0 saturated carbocycles. The average molecular weight is 333 g/mol. The Bertz CT molecular complexity index is 894. The van der Waals surface area contributed by atoms with E-state index in [0.717, 1.165) is 18.2 Å². The summed E-state index contributed by atoms with van der Waals surface area (Å²) in [7, 11) is 0. The van der Waals surface area contributed by atoms with Crippen LogP contribution in [-0.4, -0.2) is 11.8 Å². The van der Waals surface area contributed by atoms with Crippen LogP contribution in [0.1, 0.15) is 21.5 Å². The van der Waals surface area contributed by atoms with E-state index < -0.39 is 29.2 Å². The van der Waals surface area contributed by atoms with Crippen molar-refractivity contribution in [1.29, 1.82) is 0 Å². The first-order valence-electron chi connectivity index (χ1n) is 7.04. The van der Waals surface area contributed by atoms with Gasteiger partial charge < -0.3 is 16.0 Å². The average Bonchev–Trinajstić information content (AvgIpc) is 2.78. The lowest BCUT2D eigenvalue weighted by molar-refractivity contribution is -0.137. The molecule has 2 aliphatic heterocycles. The lowest BCUT2D eigenvalue weighted by atomic mass is 9.95. The Morgan fingerprint density at radius 3 is 2.42 bits per heavy atom. The van der Waals surface area contributed by atoms with E-state index in [4.69, 9.17) is 0 Å². The summed E-state index contributed by atoms with van der Waals surface area (Å²) in [4.78, 5) is 24.8. The van der Waals surface area contributed by atoms with Crippen LogP contribution in [0.2, 0.25) is 0 Å². The van der Waals surface area contributed by atoms with E-state index in [1.54, 1.807) is 24.3 Å². The molecule has 2 aliphatic rings. The van der Waals surface area contributed by atoms with Gasteiger partial charge in [0, 0.05) is 16.9 Å². The highest BCUT2D eigenvalue weighted by Crippen LogP contribution is 2.41. The fourth-order valence-corrected chi connectivity index (χ4v) is 3.00. The smallest absolute Gasteiger partial charge is 0.350 e. The first-order chi connectivity index (χ1) is 11.3. The van der Waals surface area contributed by atoms with Crippen molar-refractivity contribution >= 4 is 23.2 Å². The zero-order valence-corrected chi connectivity index (χ0v) is 12.0. The van der Waals surface area contributed by atoms with Crippen LogP contribution in [0.3, 0.4) is 0 Å². The minimum atomic E-state index is -4.55. The van der Waals surface area contributed by atoms with E-state index in [-0.39, 0.29) is 11.3 Å².